The highest BCUT2D eigenvalue weighted by molar-refractivity contribution is 6.33. The lowest BCUT2D eigenvalue weighted by Gasteiger charge is -2.19. The van der Waals surface area contributed by atoms with Gasteiger partial charge in [-0.15, -0.1) is 0 Å². The van der Waals surface area contributed by atoms with E-state index in [2.05, 4.69) is 4.99 Å². The Labute approximate surface area is 87.7 Å². The summed E-state index contributed by atoms with van der Waals surface area (Å²) in [5.41, 5.74) is 3.70. The molecular weight excluding hydrogens is 186 g/mol. The van der Waals surface area contributed by atoms with Crippen molar-refractivity contribution in [1.29, 1.82) is 0 Å². The zero-order valence-corrected chi connectivity index (χ0v) is 8.10. The SMILES string of the molecule is O=C1N=C2CC=CC=C2c2ccccc21. The molecule has 0 atom stereocenters. The monoisotopic (exact) mass is 195 g/mol. The van der Waals surface area contributed by atoms with Crippen molar-refractivity contribution in [3.05, 3.63) is 53.6 Å². The number of benzene rings is 1. The number of amides is 1. The quantitative estimate of drug-likeness (QED) is 0.625. The van der Waals surface area contributed by atoms with Gasteiger partial charge in [-0.25, -0.2) is 4.99 Å². The molecular formula is C13H9NO. The molecule has 0 fully saturated rings. The highest BCUT2D eigenvalue weighted by Crippen LogP contribution is 2.29. The molecule has 0 spiro atoms. The van der Waals surface area contributed by atoms with Crippen molar-refractivity contribution in [2.24, 2.45) is 4.99 Å². The van der Waals surface area contributed by atoms with Crippen LogP contribution in [0.3, 0.4) is 0 Å². The highest BCUT2D eigenvalue weighted by Gasteiger charge is 2.23. The molecule has 1 aromatic carbocycles. The second-order valence-corrected chi connectivity index (χ2v) is 3.62. The van der Waals surface area contributed by atoms with Gasteiger partial charge in [-0.1, -0.05) is 36.4 Å². The largest absolute Gasteiger partial charge is 0.277 e. The zero-order valence-electron chi connectivity index (χ0n) is 8.10. The Morgan fingerprint density at radius 3 is 2.80 bits per heavy atom. The molecule has 0 radical (unpaired) electrons. The maximum Gasteiger partial charge on any atom is 0.277 e. The van der Waals surface area contributed by atoms with Gasteiger partial charge in [0.1, 0.15) is 0 Å². The van der Waals surface area contributed by atoms with Crippen LogP contribution in [0.4, 0.5) is 0 Å². The van der Waals surface area contributed by atoms with Gasteiger partial charge in [0.2, 0.25) is 0 Å². The number of carbonyl (C=O) groups excluding carboxylic acids is 1. The smallest absolute Gasteiger partial charge is 0.267 e. The van der Waals surface area contributed by atoms with Gasteiger partial charge in [0, 0.05) is 17.6 Å². The van der Waals surface area contributed by atoms with E-state index >= 15 is 0 Å². The standard InChI is InChI=1S/C13H9NO/c15-13-11-7-2-1-5-9(11)10-6-3-4-8-12(10)14-13/h1-7H,8H2. The summed E-state index contributed by atoms with van der Waals surface area (Å²) in [5, 5.41) is 0. The van der Waals surface area contributed by atoms with E-state index in [4.69, 9.17) is 0 Å². The predicted molar refractivity (Wildman–Crippen MR) is 59.9 cm³/mol. The van der Waals surface area contributed by atoms with Crippen LogP contribution < -0.4 is 0 Å². The number of allylic oxidation sites excluding steroid dienone is 4. The van der Waals surface area contributed by atoms with E-state index in [-0.39, 0.29) is 5.91 Å². The van der Waals surface area contributed by atoms with E-state index in [0.717, 1.165) is 23.3 Å². The molecule has 0 unspecified atom stereocenters. The fourth-order valence-electron chi connectivity index (χ4n) is 1.99. The van der Waals surface area contributed by atoms with Crippen LogP contribution in [-0.4, -0.2) is 11.6 Å². The van der Waals surface area contributed by atoms with Gasteiger partial charge in [0.25, 0.3) is 5.91 Å². The topological polar surface area (TPSA) is 29.4 Å². The van der Waals surface area contributed by atoms with Gasteiger partial charge in [0.05, 0.1) is 5.71 Å². The second kappa shape index (κ2) is 3.02. The molecule has 1 aliphatic carbocycles. The van der Waals surface area contributed by atoms with E-state index in [0.29, 0.717) is 5.56 Å². The van der Waals surface area contributed by atoms with Gasteiger partial charge in [-0.2, -0.15) is 0 Å². The molecule has 0 aromatic heterocycles. The lowest BCUT2D eigenvalue weighted by atomic mass is 9.89. The molecule has 3 rings (SSSR count). The van der Waals surface area contributed by atoms with Crippen molar-refractivity contribution in [3.63, 3.8) is 0 Å². The van der Waals surface area contributed by atoms with Crippen molar-refractivity contribution < 1.29 is 4.79 Å². The summed E-state index contributed by atoms with van der Waals surface area (Å²) >= 11 is 0. The van der Waals surface area contributed by atoms with Gasteiger partial charge < -0.3 is 0 Å². The van der Waals surface area contributed by atoms with Crippen molar-refractivity contribution >= 4 is 17.2 Å². The first-order valence-corrected chi connectivity index (χ1v) is 4.95. The predicted octanol–water partition coefficient (Wildman–Crippen LogP) is 2.62. The Morgan fingerprint density at radius 1 is 1.13 bits per heavy atom. The molecule has 0 N–H and O–H groups in total. The summed E-state index contributed by atoms with van der Waals surface area (Å²) < 4.78 is 0. The van der Waals surface area contributed by atoms with E-state index in [1.165, 1.54) is 0 Å². The van der Waals surface area contributed by atoms with Gasteiger partial charge >= 0.3 is 0 Å². The van der Waals surface area contributed by atoms with E-state index in [9.17, 15) is 4.79 Å². The van der Waals surface area contributed by atoms with Crippen molar-refractivity contribution in [2.75, 3.05) is 0 Å². The summed E-state index contributed by atoms with van der Waals surface area (Å²) in [7, 11) is 0. The van der Waals surface area contributed by atoms with Crippen molar-refractivity contribution in [2.45, 2.75) is 6.42 Å². The minimum atomic E-state index is -0.118. The summed E-state index contributed by atoms with van der Waals surface area (Å²) in [4.78, 5) is 15.8. The molecule has 1 aliphatic heterocycles. The molecule has 1 heterocycles. The van der Waals surface area contributed by atoms with Crippen LogP contribution in [0.5, 0.6) is 0 Å². The Bertz CT molecular complexity index is 535. The highest BCUT2D eigenvalue weighted by atomic mass is 16.1. The Hall–Kier alpha value is -1.96. The van der Waals surface area contributed by atoms with Crippen LogP contribution >= 0.6 is 0 Å². The molecule has 0 saturated heterocycles. The van der Waals surface area contributed by atoms with Gasteiger partial charge in [-0.3, -0.25) is 4.79 Å². The molecule has 2 nitrogen and oxygen atoms in total. The molecule has 2 aliphatic rings. The summed E-state index contributed by atoms with van der Waals surface area (Å²) in [5.74, 6) is -0.118. The Balaban J connectivity index is 2.29. The first-order valence-electron chi connectivity index (χ1n) is 4.95. The van der Waals surface area contributed by atoms with Crippen LogP contribution in [0.25, 0.3) is 5.57 Å². The number of carbonyl (C=O) groups is 1. The molecule has 0 saturated carbocycles. The van der Waals surface area contributed by atoms with Crippen LogP contribution in [0.1, 0.15) is 22.3 Å². The molecule has 0 bridgehead atoms. The summed E-state index contributed by atoms with van der Waals surface area (Å²) in [6.07, 6.45) is 6.81. The summed E-state index contributed by atoms with van der Waals surface area (Å²) in [6, 6.07) is 7.63. The lowest BCUT2D eigenvalue weighted by Crippen LogP contribution is -2.16. The van der Waals surface area contributed by atoms with Crippen LogP contribution in [0, 0.1) is 0 Å². The minimum absolute atomic E-state index is 0.118. The Morgan fingerprint density at radius 2 is 1.93 bits per heavy atom. The van der Waals surface area contributed by atoms with E-state index < -0.39 is 0 Å². The zero-order chi connectivity index (χ0) is 10.3. The van der Waals surface area contributed by atoms with Crippen molar-refractivity contribution in [3.8, 4) is 0 Å². The number of rotatable bonds is 0. The molecule has 1 aromatic rings. The van der Waals surface area contributed by atoms with E-state index in [1.807, 2.05) is 42.5 Å². The number of aliphatic imine (C=N–C) groups is 1. The number of fused-ring (bicyclic) bond motifs is 3. The fourth-order valence-corrected chi connectivity index (χ4v) is 1.99. The number of hydrogen-bond donors (Lipinski definition) is 0. The van der Waals surface area contributed by atoms with Crippen molar-refractivity contribution in [1.82, 2.24) is 0 Å². The van der Waals surface area contributed by atoms with Crippen LogP contribution in [0.2, 0.25) is 0 Å². The molecule has 1 amide bonds. The normalized spacial score (nSPS) is 17.7. The second-order valence-electron chi connectivity index (χ2n) is 3.62. The maximum atomic E-state index is 11.7. The summed E-state index contributed by atoms with van der Waals surface area (Å²) in [6.45, 7) is 0. The van der Waals surface area contributed by atoms with Crippen LogP contribution in [-0.2, 0) is 0 Å². The third-order valence-corrected chi connectivity index (χ3v) is 2.71. The van der Waals surface area contributed by atoms with E-state index in [1.54, 1.807) is 0 Å². The minimum Gasteiger partial charge on any atom is -0.267 e. The molecule has 2 heteroatoms. The Kier molecular flexibility index (Phi) is 1.68. The average molecular weight is 195 g/mol. The third-order valence-electron chi connectivity index (χ3n) is 2.71. The van der Waals surface area contributed by atoms with Gasteiger partial charge in [-0.05, 0) is 11.6 Å². The number of nitrogens with zero attached hydrogens (tertiary/aromatic N) is 1. The fraction of sp³-hybridized carbons (Fsp3) is 0.0769. The average Bonchev–Trinajstić information content (AvgIpc) is 2.30. The lowest BCUT2D eigenvalue weighted by molar-refractivity contribution is 0.100. The molecule has 72 valence electrons. The first-order chi connectivity index (χ1) is 7.36. The number of hydrogen-bond acceptors (Lipinski definition) is 1. The third kappa shape index (κ3) is 1.18. The molecule has 15 heavy (non-hydrogen) atoms. The van der Waals surface area contributed by atoms with Crippen LogP contribution in [0.15, 0.2) is 47.5 Å². The first kappa shape index (κ1) is 8.36. The van der Waals surface area contributed by atoms with Gasteiger partial charge in [0.15, 0.2) is 0 Å². The maximum absolute atomic E-state index is 11.7.